The lowest BCUT2D eigenvalue weighted by atomic mass is 9.74. The van der Waals surface area contributed by atoms with Gasteiger partial charge in [-0.2, -0.15) is 0 Å². The minimum atomic E-state index is -0.705. The molecule has 2 aliphatic heterocycles. The summed E-state index contributed by atoms with van der Waals surface area (Å²) in [5.41, 5.74) is -1.18. The summed E-state index contributed by atoms with van der Waals surface area (Å²) < 4.78 is 16.4. The Kier molecular flexibility index (Phi) is 4.91. The zero-order chi connectivity index (χ0) is 17.2. The monoisotopic (exact) mass is 337 g/mol. The van der Waals surface area contributed by atoms with E-state index in [9.17, 15) is 14.7 Å². The fourth-order valence-corrected chi connectivity index (χ4v) is 3.42. The number of hydrogen-bond donors (Lipinski definition) is 1. The van der Waals surface area contributed by atoms with Crippen LogP contribution >= 0.6 is 0 Å². The van der Waals surface area contributed by atoms with E-state index in [1.807, 2.05) is 0 Å². The van der Waals surface area contributed by atoms with Crippen molar-refractivity contribution < 1.29 is 23.8 Å². The van der Waals surface area contributed by atoms with E-state index in [1.165, 1.54) is 6.07 Å². The van der Waals surface area contributed by atoms with Gasteiger partial charge in [-0.05, 0) is 19.8 Å². The van der Waals surface area contributed by atoms with Gasteiger partial charge in [0.25, 0.3) is 0 Å². The number of hydrogen-bond acceptors (Lipinski definition) is 6. The van der Waals surface area contributed by atoms with Crippen molar-refractivity contribution >= 4 is 5.91 Å². The van der Waals surface area contributed by atoms with Crippen molar-refractivity contribution in [3.63, 3.8) is 0 Å². The third kappa shape index (κ3) is 3.32. The highest BCUT2D eigenvalue weighted by Crippen LogP contribution is 2.41. The second-order valence-electron chi connectivity index (χ2n) is 6.46. The Morgan fingerprint density at radius 3 is 2.50 bits per heavy atom. The van der Waals surface area contributed by atoms with E-state index in [0.29, 0.717) is 58.1 Å². The van der Waals surface area contributed by atoms with E-state index in [2.05, 4.69) is 0 Å². The molecular weight excluding hydrogens is 314 g/mol. The standard InChI is InChI=1S/C17H23NO6/c1-12-10-13(19)15(21)16(24-12)17(2-6-22-7-3-17)11-14(20)18-4-8-23-9-5-18/h10,21H,2-9,11H2,1H3. The van der Waals surface area contributed by atoms with Crippen molar-refractivity contribution in [1.82, 2.24) is 4.90 Å². The fourth-order valence-electron chi connectivity index (χ4n) is 3.42. The van der Waals surface area contributed by atoms with E-state index in [1.54, 1.807) is 11.8 Å². The molecule has 0 aliphatic carbocycles. The molecule has 1 aromatic heterocycles. The first-order valence-electron chi connectivity index (χ1n) is 8.29. The van der Waals surface area contributed by atoms with Gasteiger partial charge in [-0.15, -0.1) is 0 Å². The highest BCUT2D eigenvalue weighted by atomic mass is 16.5. The summed E-state index contributed by atoms with van der Waals surface area (Å²) in [6, 6.07) is 1.26. The molecule has 0 saturated carbocycles. The third-order valence-corrected chi connectivity index (χ3v) is 4.83. The average molecular weight is 337 g/mol. The molecule has 0 unspecified atom stereocenters. The minimum Gasteiger partial charge on any atom is -0.502 e. The van der Waals surface area contributed by atoms with Gasteiger partial charge in [0.1, 0.15) is 5.76 Å². The lowest BCUT2D eigenvalue weighted by Gasteiger charge is -2.38. The maximum Gasteiger partial charge on any atom is 0.227 e. The Morgan fingerprint density at radius 1 is 1.21 bits per heavy atom. The van der Waals surface area contributed by atoms with Crippen LogP contribution in [-0.4, -0.2) is 55.4 Å². The Labute approximate surface area is 140 Å². The van der Waals surface area contributed by atoms with Crippen molar-refractivity contribution in [3.8, 4) is 5.75 Å². The topological polar surface area (TPSA) is 89.2 Å². The zero-order valence-corrected chi connectivity index (χ0v) is 13.9. The predicted octanol–water partition coefficient (Wildman–Crippen LogP) is 0.951. The van der Waals surface area contributed by atoms with Crippen molar-refractivity contribution in [2.45, 2.75) is 31.6 Å². The van der Waals surface area contributed by atoms with Crippen LogP contribution in [0.5, 0.6) is 5.75 Å². The Bertz CT molecular complexity index is 656. The molecule has 24 heavy (non-hydrogen) atoms. The summed E-state index contributed by atoms with van der Waals surface area (Å²) in [5, 5.41) is 10.3. The van der Waals surface area contributed by atoms with Crippen LogP contribution in [0.25, 0.3) is 0 Å². The molecule has 3 rings (SSSR count). The molecule has 132 valence electrons. The number of ether oxygens (including phenoxy) is 2. The third-order valence-electron chi connectivity index (χ3n) is 4.83. The summed E-state index contributed by atoms with van der Waals surface area (Å²) in [7, 11) is 0. The van der Waals surface area contributed by atoms with Gasteiger partial charge in [-0.25, -0.2) is 0 Å². The molecule has 1 amide bonds. The number of aryl methyl sites for hydroxylation is 1. The summed E-state index contributed by atoms with van der Waals surface area (Å²) >= 11 is 0. The average Bonchev–Trinajstić information content (AvgIpc) is 2.59. The molecule has 1 aromatic rings. The Morgan fingerprint density at radius 2 is 1.83 bits per heavy atom. The van der Waals surface area contributed by atoms with Crippen molar-refractivity contribution in [3.05, 3.63) is 27.8 Å². The van der Waals surface area contributed by atoms with Crippen LogP contribution in [-0.2, 0) is 19.7 Å². The number of carbonyl (C=O) groups is 1. The van der Waals surface area contributed by atoms with Gasteiger partial charge < -0.3 is 23.9 Å². The maximum atomic E-state index is 12.8. The van der Waals surface area contributed by atoms with Crippen LogP contribution < -0.4 is 5.43 Å². The van der Waals surface area contributed by atoms with Gasteiger partial charge >= 0.3 is 0 Å². The van der Waals surface area contributed by atoms with Crippen LogP contribution in [0.15, 0.2) is 15.3 Å². The molecule has 1 N–H and O–H groups in total. The normalized spacial score (nSPS) is 20.8. The lowest BCUT2D eigenvalue weighted by Crippen LogP contribution is -2.45. The molecule has 2 fully saturated rings. The molecule has 3 heterocycles. The lowest BCUT2D eigenvalue weighted by molar-refractivity contribution is -0.138. The smallest absolute Gasteiger partial charge is 0.227 e. The highest BCUT2D eigenvalue weighted by molar-refractivity contribution is 5.78. The summed E-state index contributed by atoms with van der Waals surface area (Å²) in [6.07, 6.45) is 1.25. The SMILES string of the molecule is Cc1cc(=O)c(O)c(C2(CC(=O)N3CCOCC3)CCOCC2)o1. The van der Waals surface area contributed by atoms with Gasteiger partial charge in [0.05, 0.1) is 13.2 Å². The fraction of sp³-hybridized carbons (Fsp3) is 0.647. The molecule has 0 atom stereocenters. The maximum absolute atomic E-state index is 12.8. The first-order chi connectivity index (χ1) is 11.5. The van der Waals surface area contributed by atoms with E-state index in [4.69, 9.17) is 13.9 Å². The quantitative estimate of drug-likeness (QED) is 0.883. The van der Waals surface area contributed by atoms with Crippen LogP contribution in [0.3, 0.4) is 0 Å². The Hall–Kier alpha value is -1.86. The number of morpholine rings is 1. The second-order valence-corrected chi connectivity index (χ2v) is 6.46. The minimum absolute atomic E-state index is 0.0104. The first-order valence-corrected chi connectivity index (χ1v) is 8.29. The molecule has 0 bridgehead atoms. The Balaban J connectivity index is 1.93. The number of amides is 1. The second kappa shape index (κ2) is 6.94. The number of aromatic hydroxyl groups is 1. The molecule has 0 spiro atoms. The molecule has 2 saturated heterocycles. The predicted molar refractivity (Wildman–Crippen MR) is 85.1 cm³/mol. The summed E-state index contributed by atoms with van der Waals surface area (Å²) in [4.78, 5) is 26.5. The molecular formula is C17H23NO6. The zero-order valence-electron chi connectivity index (χ0n) is 13.9. The van der Waals surface area contributed by atoms with Crippen molar-refractivity contribution in [2.75, 3.05) is 39.5 Å². The number of carbonyl (C=O) groups excluding carboxylic acids is 1. The van der Waals surface area contributed by atoms with Gasteiger partial charge in [-0.1, -0.05) is 0 Å². The van der Waals surface area contributed by atoms with Crippen LogP contribution in [0.4, 0.5) is 0 Å². The first kappa shape index (κ1) is 17.0. The van der Waals surface area contributed by atoms with E-state index < -0.39 is 16.6 Å². The van der Waals surface area contributed by atoms with Gasteiger partial charge in [0, 0.05) is 44.2 Å². The van der Waals surface area contributed by atoms with E-state index in [0.717, 1.165) is 0 Å². The number of rotatable bonds is 3. The van der Waals surface area contributed by atoms with E-state index >= 15 is 0 Å². The van der Waals surface area contributed by atoms with E-state index in [-0.39, 0.29) is 18.1 Å². The van der Waals surface area contributed by atoms with Crippen molar-refractivity contribution in [2.24, 2.45) is 0 Å². The van der Waals surface area contributed by atoms with Crippen molar-refractivity contribution in [1.29, 1.82) is 0 Å². The molecule has 7 nitrogen and oxygen atoms in total. The molecule has 0 aromatic carbocycles. The van der Waals surface area contributed by atoms with Crippen LogP contribution in [0.1, 0.15) is 30.8 Å². The molecule has 0 radical (unpaired) electrons. The van der Waals surface area contributed by atoms with Gasteiger partial charge in [0.2, 0.25) is 17.1 Å². The van der Waals surface area contributed by atoms with Crippen LogP contribution in [0.2, 0.25) is 0 Å². The summed E-state index contributed by atoms with van der Waals surface area (Å²) in [6.45, 7) is 4.80. The van der Waals surface area contributed by atoms with Gasteiger partial charge in [-0.3, -0.25) is 9.59 Å². The highest BCUT2D eigenvalue weighted by Gasteiger charge is 2.42. The largest absolute Gasteiger partial charge is 0.502 e. The summed E-state index contributed by atoms with van der Waals surface area (Å²) in [5.74, 6) is 0.246. The van der Waals surface area contributed by atoms with Crippen LogP contribution in [0, 0.1) is 6.92 Å². The number of nitrogens with zero attached hydrogens (tertiary/aromatic N) is 1. The molecule has 7 heteroatoms. The molecule has 2 aliphatic rings. The van der Waals surface area contributed by atoms with Gasteiger partial charge in [0.15, 0.2) is 5.76 Å².